The van der Waals surface area contributed by atoms with E-state index >= 15 is 0 Å². The average Bonchev–Trinajstić information content (AvgIpc) is 3.27. The summed E-state index contributed by atoms with van der Waals surface area (Å²) in [5.41, 5.74) is 1.21. The van der Waals surface area contributed by atoms with Gasteiger partial charge in [-0.15, -0.1) is 0 Å². The molecule has 2 aromatic carbocycles. The van der Waals surface area contributed by atoms with Gasteiger partial charge in [-0.1, -0.05) is 41.9 Å². The van der Waals surface area contributed by atoms with E-state index < -0.39 is 24.5 Å². The summed E-state index contributed by atoms with van der Waals surface area (Å²) >= 11 is 5.81. The average molecular weight is 412 g/mol. The molecule has 0 aliphatic rings. The van der Waals surface area contributed by atoms with Crippen molar-refractivity contribution in [3.05, 3.63) is 94.9 Å². The van der Waals surface area contributed by atoms with E-state index in [2.05, 4.69) is 5.32 Å². The lowest BCUT2D eigenvalue weighted by Gasteiger charge is -2.17. The molecule has 3 aromatic rings. The van der Waals surface area contributed by atoms with Crippen molar-refractivity contribution < 1.29 is 23.5 Å². The second-order valence-corrected chi connectivity index (χ2v) is 6.67. The van der Waals surface area contributed by atoms with Gasteiger partial charge in [0.2, 0.25) is 0 Å². The fourth-order valence-corrected chi connectivity index (χ4v) is 2.76. The monoisotopic (exact) mass is 411 g/mol. The van der Waals surface area contributed by atoms with Gasteiger partial charge >= 0.3 is 5.97 Å². The van der Waals surface area contributed by atoms with Crippen LogP contribution in [0.3, 0.4) is 0 Å². The maximum atomic E-state index is 12.6. The molecule has 0 saturated heterocycles. The Balaban J connectivity index is 1.66. The van der Waals surface area contributed by atoms with E-state index in [1.165, 1.54) is 12.3 Å². The Hall–Kier alpha value is -3.38. The van der Waals surface area contributed by atoms with Crippen LogP contribution in [0.4, 0.5) is 0 Å². The first-order valence-electron chi connectivity index (χ1n) is 8.86. The molecule has 1 unspecified atom stereocenters. The molecule has 0 aliphatic carbocycles. The van der Waals surface area contributed by atoms with Crippen molar-refractivity contribution in [2.24, 2.45) is 0 Å². The maximum absolute atomic E-state index is 12.6. The van der Waals surface area contributed by atoms with E-state index in [0.717, 1.165) is 5.56 Å². The van der Waals surface area contributed by atoms with Crippen LogP contribution < -0.4 is 5.32 Å². The summed E-state index contributed by atoms with van der Waals surface area (Å²) in [6.07, 6.45) is 1.57. The van der Waals surface area contributed by atoms with E-state index in [1.54, 1.807) is 30.3 Å². The van der Waals surface area contributed by atoms with Crippen LogP contribution in [0.5, 0.6) is 0 Å². The fraction of sp³-hybridized carbons (Fsp3) is 0.136. The van der Waals surface area contributed by atoms with Crippen LogP contribution in [0.25, 0.3) is 0 Å². The number of hydrogen-bond acceptors (Lipinski definition) is 5. The molecule has 0 fully saturated rings. The number of halogens is 1. The van der Waals surface area contributed by atoms with Crippen LogP contribution in [0, 0.1) is 0 Å². The summed E-state index contributed by atoms with van der Waals surface area (Å²) in [7, 11) is 0. The Morgan fingerprint density at radius 1 is 0.966 bits per heavy atom. The summed E-state index contributed by atoms with van der Waals surface area (Å²) < 4.78 is 10.2. The summed E-state index contributed by atoms with van der Waals surface area (Å²) in [6, 6.07) is 17.5. The second kappa shape index (κ2) is 9.71. The van der Waals surface area contributed by atoms with Crippen molar-refractivity contribution in [2.45, 2.75) is 12.5 Å². The van der Waals surface area contributed by atoms with Crippen molar-refractivity contribution in [3.8, 4) is 0 Å². The van der Waals surface area contributed by atoms with Gasteiger partial charge < -0.3 is 14.5 Å². The normalized spacial score (nSPS) is 11.5. The standard InChI is InChI=1S/C22H18ClNO5/c23-17-10-8-16(9-11-17)19(25)14-29-22(27)18(13-15-5-2-1-3-6-15)24-21(26)20-7-4-12-28-20/h1-12,18H,13-14H2,(H,24,26). The number of benzene rings is 2. The zero-order valence-corrected chi connectivity index (χ0v) is 16.1. The number of furan rings is 1. The summed E-state index contributed by atoms with van der Waals surface area (Å²) in [5.74, 6) is -1.55. The van der Waals surface area contributed by atoms with Gasteiger partial charge in [0.25, 0.3) is 5.91 Å². The third-order valence-electron chi connectivity index (χ3n) is 4.13. The topological polar surface area (TPSA) is 85.6 Å². The molecule has 1 amide bonds. The number of carbonyl (C=O) groups excluding carboxylic acids is 3. The van der Waals surface area contributed by atoms with Crippen LogP contribution in [0.15, 0.2) is 77.4 Å². The van der Waals surface area contributed by atoms with Crippen molar-refractivity contribution in [3.63, 3.8) is 0 Å². The molecule has 6 nitrogen and oxygen atoms in total. The van der Waals surface area contributed by atoms with E-state index in [4.69, 9.17) is 20.8 Å². The SMILES string of the molecule is O=C(COC(=O)C(Cc1ccccc1)NC(=O)c1ccco1)c1ccc(Cl)cc1. The van der Waals surface area contributed by atoms with E-state index in [1.807, 2.05) is 30.3 Å². The molecule has 7 heteroatoms. The Labute approximate surface area is 172 Å². The Morgan fingerprint density at radius 3 is 2.34 bits per heavy atom. The first-order chi connectivity index (χ1) is 14.0. The molecular formula is C22H18ClNO5. The molecule has 0 aliphatic heterocycles. The van der Waals surface area contributed by atoms with Gasteiger partial charge in [-0.3, -0.25) is 9.59 Å². The zero-order chi connectivity index (χ0) is 20.6. The zero-order valence-electron chi connectivity index (χ0n) is 15.3. The Morgan fingerprint density at radius 2 is 1.69 bits per heavy atom. The molecule has 1 N–H and O–H groups in total. The van der Waals surface area contributed by atoms with Crippen molar-refractivity contribution in [1.29, 1.82) is 0 Å². The second-order valence-electron chi connectivity index (χ2n) is 6.23. The molecule has 0 saturated carbocycles. The molecule has 3 rings (SSSR count). The van der Waals surface area contributed by atoms with Gasteiger partial charge in [-0.2, -0.15) is 0 Å². The summed E-state index contributed by atoms with van der Waals surface area (Å²) in [5, 5.41) is 3.10. The lowest BCUT2D eigenvalue weighted by molar-refractivity contribution is -0.144. The quantitative estimate of drug-likeness (QED) is 0.451. The Bertz CT molecular complexity index is 968. The van der Waals surface area contributed by atoms with E-state index in [0.29, 0.717) is 10.6 Å². The van der Waals surface area contributed by atoms with Gasteiger partial charge in [0.15, 0.2) is 18.2 Å². The molecule has 148 valence electrons. The van der Waals surface area contributed by atoms with Gasteiger partial charge in [-0.05, 0) is 42.0 Å². The highest BCUT2D eigenvalue weighted by Crippen LogP contribution is 2.11. The van der Waals surface area contributed by atoms with Crippen molar-refractivity contribution >= 4 is 29.3 Å². The van der Waals surface area contributed by atoms with Crippen LogP contribution in [0.1, 0.15) is 26.5 Å². The molecule has 0 bridgehead atoms. The summed E-state index contributed by atoms with van der Waals surface area (Å²) in [6.45, 7) is -0.442. The lowest BCUT2D eigenvalue weighted by atomic mass is 10.1. The van der Waals surface area contributed by atoms with Crippen molar-refractivity contribution in [1.82, 2.24) is 5.32 Å². The number of Topliss-reactive ketones (excluding diaryl/α,β-unsaturated/α-hetero) is 1. The smallest absolute Gasteiger partial charge is 0.329 e. The number of ether oxygens (including phenoxy) is 1. The van der Waals surface area contributed by atoms with Crippen LogP contribution in [-0.4, -0.2) is 30.3 Å². The minimum absolute atomic E-state index is 0.0769. The van der Waals surface area contributed by atoms with Crippen LogP contribution in [-0.2, 0) is 16.0 Å². The van der Waals surface area contributed by atoms with E-state index in [9.17, 15) is 14.4 Å². The largest absolute Gasteiger partial charge is 0.459 e. The third-order valence-corrected chi connectivity index (χ3v) is 4.38. The third kappa shape index (κ3) is 5.80. The molecule has 0 spiro atoms. The number of hydrogen-bond donors (Lipinski definition) is 1. The van der Waals surface area contributed by atoms with Crippen molar-refractivity contribution in [2.75, 3.05) is 6.61 Å². The fourth-order valence-electron chi connectivity index (χ4n) is 2.64. The highest BCUT2D eigenvalue weighted by molar-refractivity contribution is 6.30. The van der Waals surface area contributed by atoms with Gasteiger partial charge in [0.1, 0.15) is 6.04 Å². The maximum Gasteiger partial charge on any atom is 0.329 e. The summed E-state index contributed by atoms with van der Waals surface area (Å²) in [4.78, 5) is 37.1. The number of amides is 1. The molecule has 1 heterocycles. The Kier molecular flexibility index (Phi) is 6.81. The number of rotatable bonds is 8. The number of ketones is 1. The number of carbonyl (C=O) groups is 3. The molecule has 29 heavy (non-hydrogen) atoms. The predicted octanol–water partition coefficient (Wildman–Crippen LogP) is 3.70. The highest BCUT2D eigenvalue weighted by atomic mass is 35.5. The number of nitrogens with one attached hydrogen (secondary N) is 1. The van der Waals surface area contributed by atoms with Gasteiger partial charge in [-0.25, -0.2) is 4.79 Å². The number of esters is 1. The molecular weight excluding hydrogens is 394 g/mol. The predicted molar refractivity (Wildman–Crippen MR) is 107 cm³/mol. The molecule has 0 radical (unpaired) electrons. The minimum atomic E-state index is -0.979. The lowest BCUT2D eigenvalue weighted by Crippen LogP contribution is -2.43. The molecule has 1 atom stereocenters. The van der Waals surface area contributed by atoms with Gasteiger partial charge in [0.05, 0.1) is 6.26 Å². The first-order valence-corrected chi connectivity index (χ1v) is 9.24. The van der Waals surface area contributed by atoms with Gasteiger partial charge in [0, 0.05) is 17.0 Å². The minimum Gasteiger partial charge on any atom is -0.459 e. The first kappa shape index (κ1) is 20.4. The van der Waals surface area contributed by atoms with Crippen LogP contribution >= 0.6 is 11.6 Å². The highest BCUT2D eigenvalue weighted by Gasteiger charge is 2.25. The van der Waals surface area contributed by atoms with E-state index in [-0.39, 0.29) is 18.0 Å². The molecule has 1 aromatic heterocycles. The van der Waals surface area contributed by atoms with Crippen LogP contribution in [0.2, 0.25) is 5.02 Å².